The van der Waals surface area contributed by atoms with Crippen LogP contribution in [-0.4, -0.2) is 14.8 Å². The van der Waals surface area contributed by atoms with Crippen LogP contribution in [0.15, 0.2) is 94.6 Å². The molecule has 0 saturated heterocycles. The first-order valence-electron chi connectivity index (χ1n) is 8.70. The molecule has 0 radical (unpaired) electrons. The molecule has 1 aromatic heterocycles. The molecule has 0 N–H and O–H groups in total. The predicted molar refractivity (Wildman–Crippen MR) is 114 cm³/mol. The standard InChI is InChI=1S/C22H18BrN3S/c23-19-13-11-18(12-14-19)16-27-22-25-24-21(15-17-7-3-1-4-8-17)26(22)20-9-5-2-6-10-20/h1-14H,15-16H2. The predicted octanol–water partition coefficient (Wildman–Crippen LogP) is 5.91. The van der Waals surface area contributed by atoms with Gasteiger partial charge in [-0.2, -0.15) is 0 Å². The number of halogens is 1. The highest BCUT2D eigenvalue weighted by molar-refractivity contribution is 9.10. The van der Waals surface area contributed by atoms with E-state index >= 15 is 0 Å². The molecule has 0 aliphatic carbocycles. The summed E-state index contributed by atoms with van der Waals surface area (Å²) >= 11 is 5.19. The summed E-state index contributed by atoms with van der Waals surface area (Å²) in [7, 11) is 0. The summed E-state index contributed by atoms with van der Waals surface area (Å²) in [6.07, 6.45) is 0.752. The molecular weight excluding hydrogens is 418 g/mol. The van der Waals surface area contributed by atoms with E-state index in [0.29, 0.717) is 0 Å². The van der Waals surface area contributed by atoms with Crippen molar-refractivity contribution in [2.75, 3.05) is 0 Å². The van der Waals surface area contributed by atoms with Crippen LogP contribution in [-0.2, 0) is 12.2 Å². The van der Waals surface area contributed by atoms with Crippen LogP contribution in [0.1, 0.15) is 17.0 Å². The van der Waals surface area contributed by atoms with Crippen molar-refractivity contribution in [2.45, 2.75) is 17.3 Å². The number of rotatable bonds is 6. The monoisotopic (exact) mass is 435 g/mol. The summed E-state index contributed by atoms with van der Waals surface area (Å²) in [4.78, 5) is 0. The van der Waals surface area contributed by atoms with Gasteiger partial charge in [0.15, 0.2) is 5.16 Å². The molecule has 27 heavy (non-hydrogen) atoms. The van der Waals surface area contributed by atoms with Gasteiger partial charge in [-0.05, 0) is 35.4 Å². The van der Waals surface area contributed by atoms with E-state index in [1.165, 1.54) is 11.1 Å². The third kappa shape index (κ3) is 4.49. The lowest BCUT2D eigenvalue weighted by atomic mass is 10.1. The molecule has 4 rings (SSSR count). The van der Waals surface area contributed by atoms with Crippen LogP contribution in [0, 0.1) is 0 Å². The molecule has 0 unspecified atom stereocenters. The van der Waals surface area contributed by atoms with Crippen molar-refractivity contribution >= 4 is 27.7 Å². The maximum atomic E-state index is 4.50. The second kappa shape index (κ2) is 8.55. The number of nitrogens with zero attached hydrogens (tertiary/aromatic N) is 3. The number of aromatic nitrogens is 3. The number of benzene rings is 3. The van der Waals surface area contributed by atoms with Gasteiger partial charge in [-0.1, -0.05) is 88.4 Å². The van der Waals surface area contributed by atoms with Crippen molar-refractivity contribution in [1.82, 2.24) is 14.8 Å². The molecule has 3 nitrogen and oxygen atoms in total. The lowest BCUT2D eigenvalue weighted by Crippen LogP contribution is -2.03. The van der Waals surface area contributed by atoms with E-state index in [1.54, 1.807) is 11.8 Å². The quantitative estimate of drug-likeness (QED) is 0.352. The Hall–Kier alpha value is -2.37. The van der Waals surface area contributed by atoms with Crippen molar-refractivity contribution in [2.24, 2.45) is 0 Å². The summed E-state index contributed by atoms with van der Waals surface area (Å²) < 4.78 is 3.25. The number of hydrogen-bond acceptors (Lipinski definition) is 3. The largest absolute Gasteiger partial charge is 0.274 e. The third-order valence-corrected chi connectivity index (χ3v) is 5.73. The molecule has 0 amide bonds. The van der Waals surface area contributed by atoms with Crippen LogP contribution in [0.4, 0.5) is 0 Å². The van der Waals surface area contributed by atoms with Gasteiger partial charge in [0.25, 0.3) is 0 Å². The lowest BCUT2D eigenvalue weighted by Gasteiger charge is -2.10. The van der Waals surface area contributed by atoms with Crippen molar-refractivity contribution in [3.05, 3.63) is 106 Å². The molecule has 5 heteroatoms. The normalized spacial score (nSPS) is 10.9. The SMILES string of the molecule is Brc1ccc(CSc2nnc(Cc3ccccc3)n2-c2ccccc2)cc1. The number of para-hydroxylation sites is 1. The number of thioether (sulfide) groups is 1. The third-order valence-electron chi connectivity index (χ3n) is 4.20. The molecule has 0 atom stereocenters. The zero-order valence-electron chi connectivity index (χ0n) is 14.6. The average molecular weight is 436 g/mol. The molecule has 0 aliphatic rings. The van der Waals surface area contributed by atoms with Crippen LogP contribution in [0.25, 0.3) is 5.69 Å². The Kier molecular flexibility index (Phi) is 5.70. The fourth-order valence-electron chi connectivity index (χ4n) is 2.85. The Morgan fingerprint density at radius 1 is 0.741 bits per heavy atom. The van der Waals surface area contributed by atoms with Gasteiger partial charge in [0.05, 0.1) is 0 Å². The van der Waals surface area contributed by atoms with E-state index in [2.05, 4.69) is 91.4 Å². The topological polar surface area (TPSA) is 30.7 Å². The summed E-state index contributed by atoms with van der Waals surface area (Å²) in [5, 5.41) is 9.90. The fourth-order valence-corrected chi connectivity index (χ4v) is 4.04. The van der Waals surface area contributed by atoms with E-state index in [0.717, 1.165) is 33.3 Å². The van der Waals surface area contributed by atoms with E-state index in [9.17, 15) is 0 Å². The van der Waals surface area contributed by atoms with E-state index in [4.69, 9.17) is 0 Å². The van der Waals surface area contributed by atoms with Crippen LogP contribution in [0.2, 0.25) is 0 Å². The van der Waals surface area contributed by atoms with Gasteiger partial charge in [0, 0.05) is 22.3 Å². The Labute approximate surface area is 171 Å². The van der Waals surface area contributed by atoms with Gasteiger partial charge in [-0.3, -0.25) is 4.57 Å². The second-order valence-corrected chi connectivity index (χ2v) is 8.01. The highest BCUT2D eigenvalue weighted by Gasteiger charge is 2.15. The fraction of sp³-hybridized carbons (Fsp3) is 0.0909. The van der Waals surface area contributed by atoms with Crippen molar-refractivity contribution in [3.63, 3.8) is 0 Å². The van der Waals surface area contributed by atoms with Gasteiger partial charge in [0.1, 0.15) is 5.82 Å². The molecule has 1 heterocycles. The summed E-state index contributed by atoms with van der Waals surface area (Å²) in [6.45, 7) is 0. The summed E-state index contributed by atoms with van der Waals surface area (Å²) in [5.74, 6) is 1.80. The Balaban J connectivity index is 1.63. The molecule has 0 fully saturated rings. The van der Waals surface area contributed by atoms with Gasteiger partial charge in [-0.25, -0.2) is 0 Å². The van der Waals surface area contributed by atoms with E-state index < -0.39 is 0 Å². The van der Waals surface area contributed by atoms with Gasteiger partial charge in [0.2, 0.25) is 0 Å². The average Bonchev–Trinajstić information content (AvgIpc) is 3.11. The van der Waals surface area contributed by atoms with Gasteiger partial charge in [-0.15, -0.1) is 10.2 Å². The first-order valence-corrected chi connectivity index (χ1v) is 10.5. The zero-order chi connectivity index (χ0) is 18.5. The summed E-state index contributed by atoms with van der Waals surface area (Å²) in [5.41, 5.74) is 3.58. The van der Waals surface area contributed by atoms with Crippen LogP contribution >= 0.6 is 27.7 Å². The molecule has 0 saturated carbocycles. The lowest BCUT2D eigenvalue weighted by molar-refractivity contribution is 0.848. The molecule has 134 valence electrons. The minimum Gasteiger partial charge on any atom is -0.274 e. The maximum Gasteiger partial charge on any atom is 0.196 e. The molecule has 0 spiro atoms. The minimum absolute atomic E-state index is 0.752. The van der Waals surface area contributed by atoms with Gasteiger partial charge < -0.3 is 0 Å². The molecule has 0 bridgehead atoms. The first-order chi connectivity index (χ1) is 13.3. The Morgan fingerprint density at radius 3 is 2.11 bits per heavy atom. The van der Waals surface area contributed by atoms with Crippen LogP contribution in [0.5, 0.6) is 0 Å². The first kappa shape index (κ1) is 18.0. The molecular formula is C22H18BrN3S. The second-order valence-electron chi connectivity index (χ2n) is 6.15. The van der Waals surface area contributed by atoms with Crippen LogP contribution in [0.3, 0.4) is 0 Å². The maximum absolute atomic E-state index is 4.50. The smallest absolute Gasteiger partial charge is 0.196 e. The summed E-state index contributed by atoms with van der Waals surface area (Å²) in [6, 6.07) is 29.1. The highest BCUT2D eigenvalue weighted by atomic mass is 79.9. The Bertz CT molecular complexity index is 999. The van der Waals surface area contributed by atoms with Crippen molar-refractivity contribution in [3.8, 4) is 5.69 Å². The van der Waals surface area contributed by atoms with Gasteiger partial charge >= 0.3 is 0 Å². The number of hydrogen-bond donors (Lipinski definition) is 0. The zero-order valence-corrected chi connectivity index (χ0v) is 17.0. The molecule has 0 aliphatic heterocycles. The van der Waals surface area contributed by atoms with Crippen LogP contribution < -0.4 is 0 Å². The molecule has 4 aromatic rings. The van der Waals surface area contributed by atoms with Crippen molar-refractivity contribution in [1.29, 1.82) is 0 Å². The minimum atomic E-state index is 0.752. The Morgan fingerprint density at radius 2 is 1.41 bits per heavy atom. The molecule has 3 aromatic carbocycles. The van der Waals surface area contributed by atoms with E-state index in [-0.39, 0.29) is 0 Å². The highest BCUT2D eigenvalue weighted by Crippen LogP contribution is 2.26. The van der Waals surface area contributed by atoms with Crippen molar-refractivity contribution < 1.29 is 0 Å². The van der Waals surface area contributed by atoms with E-state index in [1.807, 2.05) is 24.3 Å².